The minimum absolute atomic E-state index is 0.0613. The monoisotopic (exact) mass is 586 g/mol. The molecule has 0 aliphatic rings. The van der Waals surface area contributed by atoms with E-state index in [4.69, 9.17) is 4.74 Å². The van der Waals surface area contributed by atoms with E-state index < -0.39 is 5.97 Å². The van der Waals surface area contributed by atoms with Gasteiger partial charge >= 0.3 is 5.97 Å². The number of nitrogens with one attached hydrogen (secondary N) is 1. The van der Waals surface area contributed by atoms with Crippen molar-refractivity contribution in [3.63, 3.8) is 0 Å². The maximum Gasteiger partial charge on any atom is 0.305 e. The fourth-order valence-electron chi connectivity index (χ4n) is 5.31. The van der Waals surface area contributed by atoms with E-state index in [-0.39, 0.29) is 24.8 Å². The van der Waals surface area contributed by atoms with Crippen molar-refractivity contribution in [1.82, 2.24) is 10.2 Å². The summed E-state index contributed by atoms with van der Waals surface area (Å²) in [6.07, 6.45) is 0.369. The molecule has 0 radical (unpaired) electrons. The van der Waals surface area contributed by atoms with Gasteiger partial charge in [-0.1, -0.05) is 91.0 Å². The van der Waals surface area contributed by atoms with Crippen molar-refractivity contribution in [1.29, 1.82) is 0 Å². The number of carboxylic acids is 1. The summed E-state index contributed by atoms with van der Waals surface area (Å²) in [4.78, 5) is 40.6. The molecule has 2 N–H and O–H groups in total. The fraction of sp³-hybridized carbons (Fsp3) is 0.162. The van der Waals surface area contributed by atoms with Gasteiger partial charge in [0.15, 0.2) is 0 Å². The first-order valence-electron chi connectivity index (χ1n) is 14.5. The summed E-state index contributed by atoms with van der Waals surface area (Å²) in [5.74, 6) is -0.783. The van der Waals surface area contributed by atoms with Gasteiger partial charge in [0.05, 0.1) is 13.5 Å². The lowest BCUT2D eigenvalue weighted by Crippen LogP contribution is -2.35. The van der Waals surface area contributed by atoms with Crippen molar-refractivity contribution in [2.24, 2.45) is 0 Å². The van der Waals surface area contributed by atoms with E-state index in [1.54, 1.807) is 36.3 Å². The van der Waals surface area contributed by atoms with Crippen LogP contribution in [-0.4, -0.2) is 48.0 Å². The van der Waals surface area contributed by atoms with E-state index in [1.807, 2.05) is 91.0 Å². The summed E-state index contributed by atoms with van der Waals surface area (Å²) in [5, 5.41) is 14.6. The molecule has 0 unspecified atom stereocenters. The molecule has 0 atom stereocenters. The number of fused-ring (bicyclic) bond motifs is 1. The molecule has 0 aromatic heterocycles. The largest absolute Gasteiger partial charge is 0.497 e. The van der Waals surface area contributed by atoms with Gasteiger partial charge in [-0.15, -0.1) is 0 Å². The van der Waals surface area contributed by atoms with Crippen LogP contribution in [0.2, 0.25) is 0 Å². The third kappa shape index (κ3) is 7.13. The van der Waals surface area contributed by atoms with Gasteiger partial charge in [0.25, 0.3) is 11.8 Å². The Balaban J connectivity index is 1.40. The van der Waals surface area contributed by atoms with Crippen molar-refractivity contribution in [3.05, 3.63) is 138 Å². The Morgan fingerprint density at radius 3 is 2.09 bits per heavy atom. The molecule has 0 aliphatic heterocycles. The number of carboxylic acid groups (broad SMARTS) is 1. The number of carbonyl (C=O) groups excluding carboxylic acids is 2. The smallest absolute Gasteiger partial charge is 0.305 e. The Kier molecular flexibility index (Phi) is 9.67. The highest BCUT2D eigenvalue weighted by atomic mass is 16.5. The number of benzene rings is 5. The molecule has 0 fully saturated rings. The molecule has 7 nitrogen and oxygen atoms in total. The summed E-state index contributed by atoms with van der Waals surface area (Å²) in [6, 6.07) is 36.0. The van der Waals surface area contributed by atoms with Gasteiger partial charge in [-0.05, 0) is 63.7 Å². The molecule has 0 saturated heterocycles. The van der Waals surface area contributed by atoms with Crippen molar-refractivity contribution in [2.75, 3.05) is 20.2 Å². The van der Waals surface area contributed by atoms with Gasteiger partial charge in [-0.2, -0.15) is 0 Å². The Morgan fingerprint density at radius 2 is 1.36 bits per heavy atom. The molecule has 0 spiro atoms. The van der Waals surface area contributed by atoms with Crippen LogP contribution < -0.4 is 10.1 Å². The fourth-order valence-corrected chi connectivity index (χ4v) is 5.31. The second-order valence-corrected chi connectivity index (χ2v) is 10.4. The third-order valence-electron chi connectivity index (χ3n) is 7.65. The number of aliphatic carboxylic acids is 1. The van der Waals surface area contributed by atoms with Crippen LogP contribution in [0, 0.1) is 0 Å². The van der Waals surface area contributed by atoms with Gasteiger partial charge < -0.3 is 20.1 Å². The molecule has 5 aromatic rings. The minimum Gasteiger partial charge on any atom is -0.497 e. The topological polar surface area (TPSA) is 95.9 Å². The number of nitrogens with zero attached hydrogens (tertiary/aromatic N) is 1. The lowest BCUT2D eigenvalue weighted by molar-refractivity contribution is -0.137. The third-order valence-corrected chi connectivity index (χ3v) is 7.65. The zero-order valence-corrected chi connectivity index (χ0v) is 24.5. The summed E-state index contributed by atoms with van der Waals surface area (Å²) >= 11 is 0. The molecular weight excluding hydrogens is 552 g/mol. The maximum absolute atomic E-state index is 14.0. The number of amides is 2. The van der Waals surface area contributed by atoms with Crippen LogP contribution in [0.5, 0.6) is 5.75 Å². The quantitative estimate of drug-likeness (QED) is 0.172. The minimum atomic E-state index is -0.978. The summed E-state index contributed by atoms with van der Waals surface area (Å²) in [5.41, 5.74) is 4.10. The summed E-state index contributed by atoms with van der Waals surface area (Å²) < 4.78 is 5.23. The predicted molar refractivity (Wildman–Crippen MR) is 172 cm³/mol. The van der Waals surface area contributed by atoms with Crippen LogP contribution in [0.25, 0.3) is 21.9 Å². The van der Waals surface area contributed by atoms with Crippen LogP contribution in [0.1, 0.15) is 38.3 Å². The van der Waals surface area contributed by atoms with E-state index in [2.05, 4.69) is 5.32 Å². The average molecular weight is 587 g/mol. The van der Waals surface area contributed by atoms with Crippen molar-refractivity contribution >= 4 is 28.6 Å². The number of carbonyl (C=O) groups is 3. The average Bonchev–Trinajstić information content (AvgIpc) is 3.07. The first-order valence-corrected chi connectivity index (χ1v) is 14.5. The zero-order valence-electron chi connectivity index (χ0n) is 24.5. The molecule has 0 saturated carbocycles. The molecule has 0 heterocycles. The van der Waals surface area contributed by atoms with E-state index in [9.17, 15) is 19.5 Å². The molecular formula is C37H34N2O5. The van der Waals surface area contributed by atoms with Gasteiger partial charge in [0, 0.05) is 30.8 Å². The molecule has 0 aliphatic carbocycles. The van der Waals surface area contributed by atoms with Gasteiger partial charge in [0.2, 0.25) is 0 Å². The van der Waals surface area contributed by atoms with E-state index >= 15 is 0 Å². The van der Waals surface area contributed by atoms with Crippen LogP contribution in [-0.2, 0) is 17.8 Å². The van der Waals surface area contributed by atoms with Gasteiger partial charge in [-0.25, -0.2) is 0 Å². The van der Waals surface area contributed by atoms with Crippen LogP contribution in [0.3, 0.4) is 0 Å². The molecule has 222 valence electrons. The number of methoxy groups -OCH3 is 1. The zero-order chi connectivity index (χ0) is 30.9. The van der Waals surface area contributed by atoms with Crippen LogP contribution in [0.4, 0.5) is 0 Å². The predicted octanol–water partition coefficient (Wildman–Crippen LogP) is 6.61. The second-order valence-electron chi connectivity index (χ2n) is 10.4. The number of hydrogen-bond acceptors (Lipinski definition) is 4. The lowest BCUT2D eigenvalue weighted by Gasteiger charge is -2.24. The maximum atomic E-state index is 14.0. The van der Waals surface area contributed by atoms with Crippen molar-refractivity contribution in [2.45, 2.75) is 19.4 Å². The summed E-state index contributed by atoms with van der Waals surface area (Å²) in [6.45, 7) is 0.745. The number of ether oxygens (including phenoxy) is 1. The van der Waals surface area contributed by atoms with E-state index in [0.29, 0.717) is 41.8 Å². The highest BCUT2D eigenvalue weighted by molar-refractivity contribution is 6.06. The number of rotatable bonds is 12. The van der Waals surface area contributed by atoms with E-state index in [0.717, 1.165) is 27.6 Å². The standard InChI is InChI=1S/C37H34N2O5/c1-44-29-19-17-26(18-20-29)21-23-39(24-22-35(40)41)37(43)34-16-7-5-14-32(34)31-13-4-6-15-33(31)36(42)38-25-28-11-8-10-27-9-2-3-12-30(27)28/h2-20H,21-25H2,1H3,(H,38,42)(H,40,41). The van der Waals surface area contributed by atoms with Gasteiger partial charge in [-0.3, -0.25) is 14.4 Å². The SMILES string of the molecule is COc1ccc(CCN(CCC(=O)O)C(=O)c2ccccc2-c2ccccc2C(=O)NCc2cccc3ccccc23)cc1. The summed E-state index contributed by atoms with van der Waals surface area (Å²) in [7, 11) is 1.60. The second kappa shape index (κ2) is 14.2. The Bertz CT molecular complexity index is 1780. The number of hydrogen-bond donors (Lipinski definition) is 2. The first-order chi connectivity index (χ1) is 21.4. The van der Waals surface area contributed by atoms with Gasteiger partial charge in [0.1, 0.15) is 5.75 Å². The van der Waals surface area contributed by atoms with Crippen LogP contribution in [0.15, 0.2) is 115 Å². The molecule has 7 heteroatoms. The molecule has 5 rings (SSSR count). The van der Waals surface area contributed by atoms with Crippen molar-refractivity contribution in [3.8, 4) is 16.9 Å². The van der Waals surface area contributed by atoms with Crippen molar-refractivity contribution < 1.29 is 24.2 Å². The Labute approximate surface area is 256 Å². The Hall–Kier alpha value is -5.43. The molecule has 44 heavy (non-hydrogen) atoms. The Morgan fingerprint density at radius 1 is 0.727 bits per heavy atom. The molecule has 2 amide bonds. The lowest BCUT2D eigenvalue weighted by atomic mass is 9.94. The van der Waals surface area contributed by atoms with E-state index in [1.165, 1.54) is 0 Å². The highest BCUT2D eigenvalue weighted by Crippen LogP contribution is 2.29. The van der Waals surface area contributed by atoms with Crippen LogP contribution >= 0.6 is 0 Å². The first kappa shape index (κ1) is 30.0. The molecule has 5 aromatic carbocycles. The highest BCUT2D eigenvalue weighted by Gasteiger charge is 2.22. The molecule has 0 bridgehead atoms. The normalized spacial score (nSPS) is 10.8.